The number of aliphatic hydroxyl groups excluding tert-OH is 2. The first-order valence-corrected chi connectivity index (χ1v) is 16.7. The van der Waals surface area contributed by atoms with Crippen LogP contribution in [0.3, 0.4) is 0 Å². The fourth-order valence-corrected chi connectivity index (χ4v) is 5.27. The number of carboxylic acids is 1. The Morgan fingerprint density at radius 2 is 1.30 bits per heavy atom. The number of hydrogen-bond donors (Lipinski definition) is 10. The third-order valence-corrected chi connectivity index (χ3v) is 8.00. The van der Waals surface area contributed by atoms with E-state index in [1.54, 1.807) is 27.7 Å². The van der Waals surface area contributed by atoms with Gasteiger partial charge in [0.2, 0.25) is 41.4 Å². The average molecular weight is 715 g/mol. The number of rotatable bonds is 21. The number of nitrogens with one attached hydrogen (secondary N) is 6. The fraction of sp³-hybridized carbons (Fsp3) is 0.742. The summed E-state index contributed by atoms with van der Waals surface area (Å²) < 4.78 is 0. The summed E-state index contributed by atoms with van der Waals surface area (Å²) in [5.74, 6) is -7.42. The van der Waals surface area contributed by atoms with Crippen LogP contribution in [0.15, 0.2) is 0 Å². The van der Waals surface area contributed by atoms with Crippen LogP contribution in [-0.4, -0.2) is 137 Å². The summed E-state index contributed by atoms with van der Waals surface area (Å²) >= 11 is 0. The number of aliphatic hydroxyl groups is 2. The first-order chi connectivity index (χ1) is 23.5. The highest BCUT2D eigenvalue weighted by Gasteiger charge is 2.40. The Labute approximate surface area is 291 Å². The molecule has 1 fully saturated rings. The summed E-state index contributed by atoms with van der Waals surface area (Å²) in [6.07, 6.45) is 2.04. The van der Waals surface area contributed by atoms with Gasteiger partial charge in [0.25, 0.3) is 0 Å². The molecule has 1 heterocycles. The van der Waals surface area contributed by atoms with Crippen molar-refractivity contribution in [3.05, 3.63) is 0 Å². The molecule has 1 rings (SSSR count). The van der Waals surface area contributed by atoms with Gasteiger partial charge in [-0.3, -0.25) is 38.4 Å². The van der Waals surface area contributed by atoms with Gasteiger partial charge in [-0.05, 0) is 50.5 Å². The normalized spacial score (nSPS) is 17.2. The summed E-state index contributed by atoms with van der Waals surface area (Å²) in [6, 6.07) is -7.32. The monoisotopic (exact) mass is 714 g/mol. The molecule has 0 bridgehead atoms. The van der Waals surface area contributed by atoms with Gasteiger partial charge in [0.15, 0.2) is 0 Å². The van der Waals surface area contributed by atoms with Crippen LogP contribution in [0.5, 0.6) is 0 Å². The minimum atomic E-state index is -1.49. The number of unbranched alkanes of at least 4 members (excludes halogenated alkanes) is 1. The van der Waals surface area contributed by atoms with Crippen molar-refractivity contribution < 1.29 is 53.7 Å². The van der Waals surface area contributed by atoms with E-state index in [0.29, 0.717) is 25.8 Å². The second kappa shape index (κ2) is 21.7. The number of aliphatic carboxylic acids is 1. The van der Waals surface area contributed by atoms with E-state index in [0.717, 1.165) is 0 Å². The molecule has 19 heteroatoms. The standard InChI is InChI=1S/C31H54N8O11/c1-16(2)24(29(48)35-20(14-40)26(45)33-13-23(43)44)38-30(49)25(17(3)4)37-28(47)22-10-8-12-39(22)31(50)21(15-41)36-27(46)19(34-18(5)42)9-6-7-11-32/h16-17,19-22,24-25,40-41H,6-15,32H2,1-5H3,(H,33,45)(H,34,42)(H,35,48)(H,36,46)(H,37,47)(H,38,49)(H,43,44)/t19-,20-,21-,22-,24-,25-/m0/s1. The van der Waals surface area contributed by atoms with Gasteiger partial charge < -0.3 is 57.9 Å². The maximum atomic E-state index is 13.5. The van der Waals surface area contributed by atoms with E-state index in [1.165, 1.54) is 11.8 Å². The third kappa shape index (κ3) is 13.9. The van der Waals surface area contributed by atoms with E-state index in [-0.39, 0.29) is 19.4 Å². The topological polar surface area (TPSA) is 299 Å². The van der Waals surface area contributed by atoms with Crippen LogP contribution in [0, 0.1) is 11.8 Å². The van der Waals surface area contributed by atoms with Gasteiger partial charge in [-0.15, -0.1) is 0 Å². The van der Waals surface area contributed by atoms with Crippen molar-refractivity contribution in [3.8, 4) is 0 Å². The van der Waals surface area contributed by atoms with Crippen LogP contribution in [0.2, 0.25) is 0 Å². The molecule has 1 aliphatic rings. The minimum absolute atomic E-state index is 0.134. The Morgan fingerprint density at radius 1 is 0.740 bits per heavy atom. The Hall–Kier alpha value is -4.36. The zero-order valence-electron chi connectivity index (χ0n) is 29.3. The molecule has 50 heavy (non-hydrogen) atoms. The lowest BCUT2D eigenvalue weighted by Crippen LogP contribution is -2.61. The first kappa shape index (κ1) is 43.7. The summed E-state index contributed by atoms with van der Waals surface area (Å²) in [5, 5.41) is 42.9. The van der Waals surface area contributed by atoms with E-state index in [2.05, 4.69) is 31.9 Å². The number of nitrogens with two attached hydrogens (primary N) is 1. The van der Waals surface area contributed by atoms with Crippen molar-refractivity contribution in [2.24, 2.45) is 17.6 Å². The van der Waals surface area contributed by atoms with E-state index in [1.807, 2.05) is 0 Å². The average Bonchev–Trinajstić information content (AvgIpc) is 3.55. The lowest BCUT2D eigenvalue weighted by atomic mass is 9.99. The van der Waals surface area contributed by atoms with Crippen molar-refractivity contribution in [2.75, 3.05) is 32.8 Å². The van der Waals surface area contributed by atoms with Crippen LogP contribution in [0.1, 0.15) is 66.7 Å². The lowest BCUT2D eigenvalue weighted by molar-refractivity contribution is -0.143. The molecule has 1 saturated heterocycles. The number of carbonyl (C=O) groups excluding carboxylic acids is 7. The number of likely N-dealkylation sites (tertiary alicyclic amines) is 1. The van der Waals surface area contributed by atoms with Crippen molar-refractivity contribution >= 4 is 47.3 Å². The van der Waals surface area contributed by atoms with Gasteiger partial charge >= 0.3 is 5.97 Å². The van der Waals surface area contributed by atoms with Crippen LogP contribution in [-0.2, 0) is 38.4 Å². The number of hydrogen-bond acceptors (Lipinski definition) is 11. The number of amides is 7. The molecule has 0 aromatic rings. The van der Waals surface area contributed by atoms with Crippen molar-refractivity contribution in [1.82, 2.24) is 36.8 Å². The minimum Gasteiger partial charge on any atom is -0.480 e. The zero-order chi connectivity index (χ0) is 38.1. The Bertz CT molecular complexity index is 1210. The molecule has 0 saturated carbocycles. The highest BCUT2D eigenvalue weighted by Crippen LogP contribution is 2.20. The van der Waals surface area contributed by atoms with Crippen LogP contribution < -0.4 is 37.6 Å². The van der Waals surface area contributed by atoms with Gasteiger partial charge in [-0.1, -0.05) is 27.7 Å². The highest BCUT2D eigenvalue weighted by molar-refractivity contribution is 5.97. The number of carboxylic acid groups (broad SMARTS) is 1. The first-order valence-electron chi connectivity index (χ1n) is 16.7. The Kier molecular flexibility index (Phi) is 18.9. The van der Waals surface area contributed by atoms with Crippen molar-refractivity contribution in [1.29, 1.82) is 0 Å². The number of nitrogens with zero attached hydrogens (tertiary/aromatic N) is 1. The fourth-order valence-electron chi connectivity index (χ4n) is 5.27. The van der Waals surface area contributed by atoms with Crippen LogP contribution >= 0.6 is 0 Å². The van der Waals surface area contributed by atoms with Gasteiger partial charge in [0, 0.05) is 13.5 Å². The summed E-state index contributed by atoms with van der Waals surface area (Å²) in [6.45, 7) is 5.94. The molecule has 0 spiro atoms. The predicted molar refractivity (Wildman–Crippen MR) is 177 cm³/mol. The molecule has 0 aromatic carbocycles. The van der Waals surface area contributed by atoms with Crippen LogP contribution in [0.4, 0.5) is 0 Å². The maximum absolute atomic E-state index is 13.5. The van der Waals surface area contributed by atoms with E-state index in [9.17, 15) is 48.6 Å². The molecule has 0 radical (unpaired) electrons. The third-order valence-electron chi connectivity index (χ3n) is 8.00. The molecule has 0 aliphatic carbocycles. The van der Waals surface area contributed by atoms with E-state index < -0.39 is 115 Å². The molecule has 0 unspecified atom stereocenters. The van der Waals surface area contributed by atoms with E-state index in [4.69, 9.17) is 10.8 Å². The van der Waals surface area contributed by atoms with Gasteiger partial charge in [0.1, 0.15) is 42.8 Å². The number of carbonyl (C=O) groups is 8. The molecular formula is C31H54N8O11. The highest BCUT2D eigenvalue weighted by atomic mass is 16.4. The van der Waals surface area contributed by atoms with Gasteiger partial charge in [-0.25, -0.2) is 0 Å². The van der Waals surface area contributed by atoms with Crippen molar-refractivity contribution in [2.45, 2.75) is 103 Å². The van der Waals surface area contributed by atoms with Crippen molar-refractivity contribution in [3.63, 3.8) is 0 Å². The largest absolute Gasteiger partial charge is 0.480 e. The molecule has 6 atom stereocenters. The molecule has 19 nitrogen and oxygen atoms in total. The van der Waals surface area contributed by atoms with E-state index >= 15 is 0 Å². The quantitative estimate of drug-likeness (QED) is 0.0510. The molecule has 11 N–H and O–H groups in total. The summed E-state index contributed by atoms with van der Waals surface area (Å²) in [7, 11) is 0. The lowest BCUT2D eigenvalue weighted by Gasteiger charge is -2.31. The molecule has 1 aliphatic heterocycles. The smallest absolute Gasteiger partial charge is 0.322 e. The second-order valence-electron chi connectivity index (χ2n) is 12.8. The maximum Gasteiger partial charge on any atom is 0.322 e. The SMILES string of the molecule is CC(=O)N[C@@H](CCCCN)C(=O)N[C@@H](CO)C(=O)N1CCC[C@H]1C(=O)N[C@H](C(=O)N[C@H](C(=O)N[C@@H](CO)C(=O)NCC(=O)O)C(C)C)C(C)C. The summed E-state index contributed by atoms with van der Waals surface area (Å²) in [4.78, 5) is 102. The second-order valence-corrected chi connectivity index (χ2v) is 12.8. The van der Waals surface area contributed by atoms with Crippen LogP contribution in [0.25, 0.3) is 0 Å². The molecular weight excluding hydrogens is 660 g/mol. The molecule has 0 aromatic heterocycles. The summed E-state index contributed by atoms with van der Waals surface area (Å²) in [5.41, 5.74) is 5.52. The molecule has 7 amide bonds. The van der Waals surface area contributed by atoms with Gasteiger partial charge in [-0.2, -0.15) is 0 Å². The zero-order valence-corrected chi connectivity index (χ0v) is 29.3. The molecule has 284 valence electrons. The predicted octanol–water partition coefficient (Wildman–Crippen LogP) is -3.95. The van der Waals surface area contributed by atoms with Gasteiger partial charge in [0.05, 0.1) is 13.2 Å². The Balaban J connectivity index is 3.04. The Morgan fingerprint density at radius 3 is 1.82 bits per heavy atom.